The van der Waals surface area contributed by atoms with E-state index < -0.39 is 11.5 Å². The molecule has 270 valence electrons. The van der Waals surface area contributed by atoms with Gasteiger partial charge in [-0.2, -0.15) is 5.10 Å². The summed E-state index contributed by atoms with van der Waals surface area (Å²) in [6.07, 6.45) is 10.7. The van der Waals surface area contributed by atoms with Crippen LogP contribution in [0.3, 0.4) is 0 Å². The highest BCUT2D eigenvalue weighted by atomic mass is 79.9. The molecule has 8 rings (SSSR count). The molecule has 5 heterocycles. The maximum absolute atomic E-state index is 14.7. The lowest BCUT2D eigenvalue weighted by molar-refractivity contribution is -0.139. The monoisotopic (exact) mass is 766 g/mol. The van der Waals surface area contributed by atoms with Gasteiger partial charge in [-0.15, -0.1) is 0 Å². The van der Waals surface area contributed by atoms with Gasteiger partial charge in [0.05, 0.1) is 5.52 Å². The largest absolute Gasteiger partial charge is 0.355 e. The van der Waals surface area contributed by atoms with Crippen molar-refractivity contribution in [2.75, 3.05) is 11.9 Å². The average Bonchev–Trinajstić information content (AvgIpc) is 3.96. The summed E-state index contributed by atoms with van der Waals surface area (Å²) in [7, 11) is 0. The van der Waals surface area contributed by atoms with Gasteiger partial charge in [0.1, 0.15) is 34.5 Å². The number of ketones is 1. The van der Waals surface area contributed by atoms with Crippen LogP contribution in [0.25, 0.3) is 22.0 Å². The first kappa shape index (κ1) is 34.6. The van der Waals surface area contributed by atoms with E-state index >= 15 is 0 Å². The van der Waals surface area contributed by atoms with Crippen LogP contribution >= 0.6 is 15.9 Å². The highest BCUT2D eigenvalue weighted by molar-refractivity contribution is 9.10. The van der Waals surface area contributed by atoms with Gasteiger partial charge in [-0.3, -0.25) is 23.9 Å². The zero-order chi connectivity index (χ0) is 36.3. The molecule has 4 aliphatic rings. The molecule has 3 aromatic heterocycles. The van der Waals surface area contributed by atoms with Crippen molar-refractivity contribution >= 4 is 56.2 Å². The minimum absolute atomic E-state index is 0.00125. The van der Waals surface area contributed by atoms with Crippen molar-refractivity contribution in [1.29, 1.82) is 0 Å². The molecule has 1 unspecified atom stereocenters. The summed E-state index contributed by atoms with van der Waals surface area (Å²) in [4.78, 5) is 70.2. The van der Waals surface area contributed by atoms with E-state index in [1.54, 1.807) is 22.0 Å². The van der Waals surface area contributed by atoms with E-state index in [2.05, 4.69) is 54.5 Å². The Kier molecular flexibility index (Phi) is 8.95. The number of aryl methyl sites for hydroxylation is 2. The van der Waals surface area contributed by atoms with E-state index in [4.69, 9.17) is 5.10 Å². The average molecular weight is 768 g/mol. The van der Waals surface area contributed by atoms with Crippen molar-refractivity contribution in [2.24, 2.45) is 11.3 Å². The molecule has 13 heteroatoms. The Morgan fingerprint density at radius 3 is 2.50 bits per heavy atom. The number of aromatic nitrogens is 5. The Hall–Kier alpha value is -4.52. The van der Waals surface area contributed by atoms with Crippen LogP contribution in [0, 0.1) is 18.3 Å². The Labute approximate surface area is 310 Å². The lowest BCUT2D eigenvalue weighted by Crippen LogP contribution is -2.47. The quantitative estimate of drug-likeness (QED) is 0.188. The summed E-state index contributed by atoms with van der Waals surface area (Å²) in [6, 6.07) is 6.92. The van der Waals surface area contributed by atoms with Crippen molar-refractivity contribution in [2.45, 2.75) is 103 Å². The minimum atomic E-state index is -0.765. The molecule has 1 saturated heterocycles. The molecule has 12 nitrogen and oxygen atoms in total. The molecule has 1 aromatic carbocycles. The number of rotatable bonds is 5. The van der Waals surface area contributed by atoms with E-state index in [0.29, 0.717) is 59.1 Å². The van der Waals surface area contributed by atoms with E-state index in [0.717, 1.165) is 66.3 Å². The normalized spacial score (nSPS) is 25.0. The Bertz CT molecular complexity index is 2110. The number of nitrogens with zero attached hydrogens (tertiary/aromatic N) is 6. The van der Waals surface area contributed by atoms with Gasteiger partial charge in [-0.1, -0.05) is 25.8 Å². The fraction of sp³-hybridized carbons (Fsp3) is 0.487. The van der Waals surface area contributed by atoms with Crippen molar-refractivity contribution in [3.8, 4) is 11.1 Å². The number of piperidine rings is 1. The van der Waals surface area contributed by atoms with Gasteiger partial charge in [-0.05, 0) is 108 Å². The number of hydrogen-bond acceptors (Lipinski definition) is 8. The van der Waals surface area contributed by atoms with Crippen molar-refractivity contribution in [1.82, 2.24) is 34.9 Å². The molecule has 2 saturated carbocycles. The molecule has 52 heavy (non-hydrogen) atoms. The molecule has 2 aliphatic carbocycles. The first-order valence-electron chi connectivity index (χ1n) is 18.4. The lowest BCUT2D eigenvalue weighted by atomic mass is 9.95. The predicted octanol–water partition coefficient (Wildman–Crippen LogP) is 5.91. The Balaban J connectivity index is 1.19. The third kappa shape index (κ3) is 6.30. The fourth-order valence-corrected chi connectivity index (χ4v) is 9.01. The molecular weight excluding hydrogens is 724 g/mol. The van der Waals surface area contributed by atoms with Crippen LogP contribution in [0.2, 0.25) is 0 Å². The van der Waals surface area contributed by atoms with Gasteiger partial charge in [0.15, 0.2) is 5.78 Å². The molecule has 3 fully saturated rings. The number of halogens is 1. The molecule has 2 N–H and O–H groups in total. The number of carbonyl (C=O) groups is 4. The first-order chi connectivity index (χ1) is 25.0. The number of amides is 3. The number of benzene rings is 1. The van der Waals surface area contributed by atoms with Crippen molar-refractivity contribution in [3.63, 3.8) is 0 Å². The summed E-state index contributed by atoms with van der Waals surface area (Å²) in [5.74, 6) is 0.887. The third-order valence-electron chi connectivity index (χ3n) is 11.7. The number of anilines is 1. The van der Waals surface area contributed by atoms with Crippen molar-refractivity contribution < 1.29 is 19.2 Å². The van der Waals surface area contributed by atoms with E-state index in [1.807, 2.05) is 25.1 Å². The standard InChI is InChI=1S/C39H43BrN8O4/c1-21-36-39(21)16-30(38(52)45-37-28(24-10-11-24)12-13-31(40)44-37)48(36)33(51)19-47-35-25(8-6-4-5-7-9-32(50)43-20-39)14-26(27-17-41-23(3)42-18-27)15-29(35)34(46-47)22(2)49/h12-15,17-18,21,24,30,36H,4-11,16,19-20H2,1-3H3,(H,43,50)(H,44,45,52)/t21-,30-,36?,39+/m0/s1. The second-order valence-electron chi connectivity index (χ2n) is 15.1. The second kappa shape index (κ2) is 13.5. The smallest absolute Gasteiger partial charge is 0.248 e. The van der Waals surface area contributed by atoms with Crippen LogP contribution in [0.15, 0.2) is 41.3 Å². The van der Waals surface area contributed by atoms with Gasteiger partial charge in [0.25, 0.3) is 0 Å². The molecule has 4 aromatic rings. The van der Waals surface area contributed by atoms with Crippen LogP contribution in [0.4, 0.5) is 5.82 Å². The summed E-state index contributed by atoms with van der Waals surface area (Å²) >= 11 is 3.46. The van der Waals surface area contributed by atoms with Gasteiger partial charge >= 0.3 is 0 Å². The molecule has 2 aliphatic heterocycles. The summed E-state index contributed by atoms with van der Waals surface area (Å²) in [5, 5.41) is 11.7. The minimum Gasteiger partial charge on any atom is -0.355 e. The number of Topliss-reactive ketones (excluding diaryl/α,β-unsaturated/α-hetero) is 1. The molecule has 0 radical (unpaired) electrons. The predicted molar refractivity (Wildman–Crippen MR) is 198 cm³/mol. The number of pyridine rings is 1. The van der Waals surface area contributed by atoms with Gasteiger partial charge in [-0.25, -0.2) is 15.0 Å². The first-order valence-corrected chi connectivity index (χ1v) is 19.2. The van der Waals surface area contributed by atoms with Crippen molar-refractivity contribution in [3.05, 3.63) is 63.9 Å². The number of hydrogen-bond donors (Lipinski definition) is 2. The third-order valence-corrected chi connectivity index (χ3v) is 12.1. The van der Waals surface area contributed by atoms with Crippen LogP contribution in [0.5, 0.6) is 0 Å². The summed E-state index contributed by atoms with van der Waals surface area (Å²) < 4.78 is 2.29. The summed E-state index contributed by atoms with van der Waals surface area (Å²) in [6.45, 7) is 5.69. The zero-order valence-corrected chi connectivity index (χ0v) is 31.3. The fourth-order valence-electron chi connectivity index (χ4n) is 8.70. The second-order valence-corrected chi connectivity index (χ2v) is 15.9. The molecular formula is C39H43BrN8O4. The van der Waals surface area contributed by atoms with E-state index in [1.165, 1.54) is 6.92 Å². The van der Waals surface area contributed by atoms with E-state index in [9.17, 15) is 19.2 Å². The maximum Gasteiger partial charge on any atom is 0.248 e. The lowest BCUT2D eigenvalue weighted by Gasteiger charge is -2.28. The molecule has 0 spiro atoms. The number of carbonyl (C=O) groups excluding carboxylic acids is 4. The van der Waals surface area contributed by atoms with Gasteiger partial charge in [0, 0.05) is 54.7 Å². The maximum atomic E-state index is 14.7. The highest BCUT2D eigenvalue weighted by Gasteiger charge is 2.72. The highest BCUT2D eigenvalue weighted by Crippen LogP contribution is 2.64. The zero-order valence-electron chi connectivity index (χ0n) is 29.7. The topological polar surface area (TPSA) is 152 Å². The van der Waals surface area contributed by atoms with Crippen LogP contribution in [0.1, 0.15) is 98.6 Å². The van der Waals surface area contributed by atoms with Crippen LogP contribution in [-0.4, -0.2) is 71.8 Å². The molecule has 2 bridgehead atoms. The van der Waals surface area contributed by atoms with E-state index in [-0.39, 0.29) is 42.0 Å². The summed E-state index contributed by atoms with van der Waals surface area (Å²) in [5.41, 5.74) is 4.30. The van der Waals surface area contributed by atoms with Gasteiger partial charge in [0.2, 0.25) is 17.7 Å². The number of nitrogens with one attached hydrogen (secondary N) is 2. The SMILES string of the molecule is CC(=O)c1nn2c3c(cc(-c4cnc(C)nc4)cc13)CCCCCCC(=O)NC[C@@]13C[C@@H](C(=O)Nc4nc(Br)ccc4C4CC4)N(C(=O)C2)C1[C@@H]3C. The Morgan fingerprint density at radius 1 is 1.02 bits per heavy atom. The molecule has 4 atom stereocenters. The van der Waals surface area contributed by atoms with Gasteiger partial charge < -0.3 is 15.5 Å². The van der Waals surface area contributed by atoms with Crippen LogP contribution < -0.4 is 10.6 Å². The molecule has 3 amide bonds. The Morgan fingerprint density at radius 2 is 1.77 bits per heavy atom. The van der Waals surface area contributed by atoms with Crippen LogP contribution in [-0.2, 0) is 27.3 Å².